The Morgan fingerprint density at radius 2 is 2.24 bits per heavy atom. The lowest BCUT2D eigenvalue weighted by atomic mass is 10.1. The molecule has 0 aliphatic heterocycles. The van der Waals surface area contributed by atoms with Gasteiger partial charge in [-0.15, -0.1) is 0 Å². The average Bonchev–Trinajstić information content (AvgIpc) is 2.80. The van der Waals surface area contributed by atoms with E-state index in [2.05, 4.69) is 9.97 Å². The second-order valence-corrected chi connectivity index (χ2v) is 3.79. The molecule has 2 aromatic rings. The highest BCUT2D eigenvalue weighted by Gasteiger charge is 2.07. The maximum absolute atomic E-state index is 6.11. The van der Waals surface area contributed by atoms with Crippen LogP contribution in [0.1, 0.15) is 6.92 Å². The fourth-order valence-corrected chi connectivity index (χ4v) is 1.73. The van der Waals surface area contributed by atoms with Gasteiger partial charge in [0.1, 0.15) is 5.75 Å². The van der Waals surface area contributed by atoms with Gasteiger partial charge in [0.2, 0.25) is 0 Å². The molecule has 4 nitrogen and oxygen atoms in total. The summed E-state index contributed by atoms with van der Waals surface area (Å²) in [5, 5.41) is 0.581. The van der Waals surface area contributed by atoms with Crippen molar-refractivity contribution >= 4 is 11.6 Å². The molecule has 0 atom stereocenters. The number of aromatic nitrogens is 2. The molecule has 1 heterocycles. The van der Waals surface area contributed by atoms with Crippen LogP contribution in [0.2, 0.25) is 5.02 Å². The van der Waals surface area contributed by atoms with Crippen LogP contribution in [0.15, 0.2) is 24.4 Å². The summed E-state index contributed by atoms with van der Waals surface area (Å²) >= 11 is 6.11. The summed E-state index contributed by atoms with van der Waals surface area (Å²) in [6.45, 7) is 2.51. The quantitative estimate of drug-likeness (QED) is 0.909. The van der Waals surface area contributed by atoms with E-state index < -0.39 is 0 Å². The van der Waals surface area contributed by atoms with E-state index in [-0.39, 0.29) is 0 Å². The Hall–Kier alpha value is -1.68. The van der Waals surface area contributed by atoms with Crippen molar-refractivity contribution in [1.29, 1.82) is 0 Å². The Kier molecular flexibility index (Phi) is 3.54. The number of hydrogen-bond donors (Lipinski definition) is 1. The number of halogens is 1. The number of nitrogens with one attached hydrogen (secondary N) is 1. The van der Waals surface area contributed by atoms with Gasteiger partial charge in [-0.25, -0.2) is 4.98 Å². The van der Waals surface area contributed by atoms with Gasteiger partial charge in [0, 0.05) is 5.56 Å². The molecule has 1 aromatic carbocycles. The van der Waals surface area contributed by atoms with Crippen molar-refractivity contribution < 1.29 is 9.47 Å². The predicted molar refractivity (Wildman–Crippen MR) is 66.8 cm³/mol. The number of H-pyrrole nitrogens is 1. The molecular weight excluding hydrogens is 240 g/mol. The normalized spacial score (nSPS) is 10.3. The van der Waals surface area contributed by atoms with Gasteiger partial charge in [0.05, 0.1) is 30.6 Å². The molecule has 0 spiro atoms. The molecule has 0 radical (unpaired) electrons. The third-order valence-corrected chi connectivity index (χ3v) is 2.58. The Balaban J connectivity index is 2.30. The summed E-state index contributed by atoms with van der Waals surface area (Å²) in [6.07, 6.45) is 1.70. The van der Waals surface area contributed by atoms with Crippen molar-refractivity contribution in [1.82, 2.24) is 9.97 Å². The molecule has 0 amide bonds. The fourth-order valence-electron chi connectivity index (χ4n) is 1.49. The molecule has 0 saturated carbocycles. The molecule has 0 bridgehead atoms. The number of nitrogens with zero attached hydrogens (tertiary/aromatic N) is 1. The first-order valence-corrected chi connectivity index (χ1v) is 5.64. The Morgan fingerprint density at radius 1 is 1.41 bits per heavy atom. The molecule has 0 aliphatic rings. The molecule has 0 aliphatic carbocycles. The summed E-state index contributed by atoms with van der Waals surface area (Å²) in [5.74, 6) is 0.685. The second kappa shape index (κ2) is 5.10. The molecular formula is C12H13ClN2O2. The van der Waals surface area contributed by atoms with Crippen molar-refractivity contribution in [3.63, 3.8) is 0 Å². The van der Waals surface area contributed by atoms with Gasteiger partial charge in [-0.05, 0) is 25.1 Å². The van der Waals surface area contributed by atoms with Crippen molar-refractivity contribution in [2.75, 3.05) is 13.7 Å². The molecule has 17 heavy (non-hydrogen) atoms. The molecule has 5 heteroatoms. The fraction of sp³-hybridized carbons (Fsp3) is 0.250. The molecule has 2 rings (SSSR count). The van der Waals surface area contributed by atoms with Crippen LogP contribution in [0, 0.1) is 0 Å². The summed E-state index contributed by atoms with van der Waals surface area (Å²) in [6, 6.07) is 6.07. The largest absolute Gasteiger partial charge is 0.492 e. The Bertz CT molecular complexity index is 511. The van der Waals surface area contributed by atoms with Crippen LogP contribution in [0.4, 0.5) is 0 Å². The second-order valence-electron chi connectivity index (χ2n) is 3.38. The zero-order valence-corrected chi connectivity index (χ0v) is 10.4. The van der Waals surface area contributed by atoms with Crippen LogP contribution in [-0.2, 0) is 0 Å². The Labute approximate surface area is 105 Å². The van der Waals surface area contributed by atoms with E-state index in [1.54, 1.807) is 13.3 Å². The van der Waals surface area contributed by atoms with Crippen molar-refractivity contribution in [3.05, 3.63) is 29.4 Å². The van der Waals surface area contributed by atoms with Crippen molar-refractivity contribution in [2.24, 2.45) is 0 Å². The lowest BCUT2D eigenvalue weighted by Crippen LogP contribution is -1.92. The maximum atomic E-state index is 6.11. The number of hydrogen-bond acceptors (Lipinski definition) is 3. The number of imidazole rings is 1. The highest BCUT2D eigenvalue weighted by atomic mass is 35.5. The standard InChI is InChI=1S/C12H13ClN2O2/c1-3-17-11-5-4-8(6-9(11)13)10-7-14-12(15-10)16-2/h4-7H,3H2,1-2H3,(H,14,15). The van der Waals surface area contributed by atoms with E-state index in [1.165, 1.54) is 0 Å². The van der Waals surface area contributed by atoms with Crippen LogP contribution >= 0.6 is 11.6 Å². The number of methoxy groups -OCH3 is 1. The van der Waals surface area contributed by atoms with Gasteiger partial charge < -0.3 is 14.5 Å². The zero-order valence-electron chi connectivity index (χ0n) is 9.66. The first kappa shape index (κ1) is 11.8. The first-order chi connectivity index (χ1) is 8.24. The van der Waals surface area contributed by atoms with Crippen LogP contribution in [0.3, 0.4) is 0 Å². The molecule has 90 valence electrons. The first-order valence-electron chi connectivity index (χ1n) is 5.26. The van der Waals surface area contributed by atoms with E-state index in [1.807, 2.05) is 25.1 Å². The number of ether oxygens (including phenoxy) is 2. The lowest BCUT2D eigenvalue weighted by molar-refractivity contribution is 0.340. The Morgan fingerprint density at radius 3 is 2.82 bits per heavy atom. The number of aromatic amines is 1. The minimum Gasteiger partial charge on any atom is -0.492 e. The molecule has 1 N–H and O–H groups in total. The number of rotatable bonds is 4. The molecule has 0 saturated heterocycles. The SMILES string of the molecule is CCOc1ccc(-c2cnc(OC)[nH]2)cc1Cl. The van der Waals surface area contributed by atoms with Gasteiger partial charge in [-0.1, -0.05) is 11.6 Å². The molecule has 0 unspecified atom stereocenters. The van der Waals surface area contributed by atoms with Gasteiger partial charge in [0.25, 0.3) is 6.01 Å². The van der Waals surface area contributed by atoms with E-state index in [4.69, 9.17) is 21.1 Å². The third-order valence-electron chi connectivity index (χ3n) is 2.29. The monoisotopic (exact) mass is 252 g/mol. The van der Waals surface area contributed by atoms with Crippen molar-refractivity contribution in [3.8, 4) is 23.0 Å². The predicted octanol–water partition coefficient (Wildman–Crippen LogP) is 3.14. The number of benzene rings is 1. The topological polar surface area (TPSA) is 47.1 Å². The lowest BCUT2D eigenvalue weighted by Gasteiger charge is -2.06. The smallest absolute Gasteiger partial charge is 0.293 e. The summed E-state index contributed by atoms with van der Waals surface area (Å²) < 4.78 is 10.4. The summed E-state index contributed by atoms with van der Waals surface area (Å²) in [7, 11) is 1.56. The zero-order chi connectivity index (χ0) is 12.3. The summed E-state index contributed by atoms with van der Waals surface area (Å²) in [4.78, 5) is 7.07. The minimum absolute atomic E-state index is 0.477. The highest BCUT2D eigenvalue weighted by molar-refractivity contribution is 6.32. The van der Waals surface area contributed by atoms with Gasteiger partial charge >= 0.3 is 0 Å². The molecule has 1 aromatic heterocycles. The van der Waals surface area contributed by atoms with E-state index in [0.29, 0.717) is 23.4 Å². The minimum atomic E-state index is 0.477. The van der Waals surface area contributed by atoms with Crippen molar-refractivity contribution in [2.45, 2.75) is 6.92 Å². The third kappa shape index (κ3) is 2.53. The van der Waals surface area contributed by atoms with Gasteiger partial charge in [0.15, 0.2) is 0 Å². The average molecular weight is 253 g/mol. The van der Waals surface area contributed by atoms with Crippen LogP contribution < -0.4 is 9.47 Å². The van der Waals surface area contributed by atoms with E-state index >= 15 is 0 Å². The van der Waals surface area contributed by atoms with E-state index in [0.717, 1.165) is 11.3 Å². The highest BCUT2D eigenvalue weighted by Crippen LogP contribution is 2.30. The van der Waals surface area contributed by atoms with E-state index in [9.17, 15) is 0 Å². The van der Waals surface area contributed by atoms with Crippen LogP contribution in [0.25, 0.3) is 11.3 Å². The van der Waals surface area contributed by atoms with Gasteiger partial charge in [-0.2, -0.15) is 0 Å². The molecule has 0 fully saturated rings. The van der Waals surface area contributed by atoms with Crippen LogP contribution in [-0.4, -0.2) is 23.7 Å². The summed E-state index contributed by atoms with van der Waals surface area (Å²) in [5.41, 5.74) is 1.79. The van der Waals surface area contributed by atoms with Crippen LogP contribution in [0.5, 0.6) is 11.8 Å². The maximum Gasteiger partial charge on any atom is 0.293 e. The van der Waals surface area contributed by atoms with Gasteiger partial charge in [-0.3, -0.25) is 0 Å².